The van der Waals surface area contributed by atoms with Crippen LogP contribution >= 0.6 is 0 Å². The molecule has 0 aliphatic carbocycles. The second kappa shape index (κ2) is 6.47. The van der Waals surface area contributed by atoms with Crippen molar-refractivity contribution < 1.29 is 5.11 Å². The molecule has 2 aliphatic heterocycles. The first-order chi connectivity index (χ1) is 10.1. The molecule has 2 aliphatic rings. The van der Waals surface area contributed by atoms with E-state index >= 15 is 0 Å². The maximum Gasteiger partial charge on any atom is 0.0682 e. The third kappa shape index (κ3) is 3.47. The highest BCUT2D eigenvalue weighted by molar-refractivity contribution is 5.18. The average molecular weight is 288 g/mol. The second-order valence-corrected chi connectivity index (χ2v) is 6.94. The van der Waals surface area contributed by atoms with E-state index in [2.05, 4.69) is 54.0 Å². The molecule has 3 rings (SSSR count). The molecule has 0 spiro atoms. The summed E-state index contributed by atoms with van der Waals surface area (Å²) in [5.41, 5.74) is 1.44. The van der Waals surface area contributed by atoms with Gasteiger partial charge in [-0.05, 0) is 37.8 Å². The number of hydrogen-bond acceptors (Lipinski definition) is 3. The SMILES string of the molecule is C[C@@H](CCN1C[C@@H]2C[C@@H](O)CN2C[C@@H]1C)c1ccccc1. The zero-order valence-corrected chi connectivity index (χ0v) is 13.3. The summed E-state index contributed by atoms with van der Waals surface area (Å²) in [6, 6.07) is 12.0. The molecular weight excluding hydrogens is 260 g/mol. The minimum Gasteiger partial charge on any atom is -0.392 e. The molecule has 0 aromatic heterocycles. The number of aliphatic hydroxyl groups is 1. The smallest absolute Gasteiger partial charge is 0.0682 e. The van der Waals surface area contributed by atoms with Crippen molar-refractivity contribution in [1.29, 1.82) is 0 Å². The fourth-order valence-corrected chi connectivity index (χ4v) is 3.90. The van der Waals surface area contributed by atoms with Crippen molar-refractivity contribution in [2.24, 2.45) is 0 Å². The third-order valence-corrected chi connectivity index (χ3v) is 5.29. The summed E-state index contributed by atoms with van der Waals surface area (Å²) in [6.45, 7) is 8.94. The van der Waals surface area contributed by atoms with Crippen LogP contribution in [0.1, 0.15) is 38.2 Å². The van der Waals surface area contributed by atoms with Gasteiger partial charge in [0.05, 0.1) is 6.10 Å². The fourth-order valence-electron chi connectivity index (χ4n) is 3.90. The number of rotatable bonds is 4. The molecule has 2 fully saturated rings. The zero-order chi connectivity index (χ0) is 14.8. The Hall–Kier alpha value is -0.900. The van der Waals surface area contributed by atoms with Crippen molar-refractivity contribution in [3.63, 3.8) is 0 Å². The molecule has 1 aromatic rings. The fraction of sp³-hybridized carbons (Fsp3) is 0.667. The number of benzene rings is 1. The highest BCUT2D eigenvalue weighted by Crippen LogP contribution is 2.26. The van der Waals surface area contributed by atoms with Crippen molar-refractivity contribution in [2.75, 3.05) is 26.2 Å². The minimum absolute atomic E-state index is 0.106. The Labute approximate surface area is 128 Å². The van der Waals surface area contributed by atoms with E-state index in [0.717, 1.165) is 32.6 Å². The van der Waals surface area contributed by atoms with Crippen LogP contribution in [-0.4, -0.2) is 59.3 Å². The monoisotopic (exact) mass is 288 g/mol. The van der Waals surface area contributed by atoms with Gasteiger partial charge in [0.2, 0.25) is 0 Å². The van der Waals surface area contributed by atoms with Crippen LogP contribution in [0.15, 0.2) is 30.3 Å². The lowest BCUT2D eigenvalue weighted by atomic mass is 9.97. The van der Waals surface area contributed by atoms with Crippen LogP contribution in [0.4, 0.5) is 0 Å². The van der Waals surface area contributed by atoms with Gasteiger partial charge in [-0.25, -0.2) is 0 Å². The van der Waals surface area contributed by atoms with Crippen LogP contribution < -0.4 is 0 Å². The maximum absolute atomic E-state index is 9.84. The molecule has 0 unspecified atom stereocenters. The molecule has 1 aromatic carbocycles. The molecular formula is C18H28N2O. The van der Waals surface area contributed by atoms with Crippen molar-refractivity contribution in [1.82, 2.24) is 9.80 Å². The maximum atomic E-state index is 9.84. The van der Waals surface area contributed by atoms with E-state index in [1.165, 1.54) is 12.0 Å². The number of hydrogen-bond donors (Lipinski definition) is 1. The Morgan fingerprint density at radius 2 is 1.95 bits per heavy atom. The lowest BCUT2D eigenvalue weighted by Crippen LogP contribution is -2.55. The van der Waals surface area contributed by atoms with Gasteiger partial charge in [-0.3, -0.25) is 9.80 Å². The number of piperazine rings is 1. The van der Waals surface area contributed by atoms with Crippen molar-refractivity contribution in [3.05, 3.63) is 35.9 Å². The molecule has 0 amide bonds. The topological polar surface area (TPSA) is 26.7 Å². The lowest BCUT2D eigenvalue weighted by molar-refractivity contribution is 0.0564. The normalized spacial score (nSPS) is 32.0. The molecule has 4 atom stereocenters. The van der Waals surface area contributed by atoms with E-state index < -0.39 is 0 Å². The quantitative estimate of drug-likeness (QED) is 0.921. The average Bonchev–Trinajstić information content (AvgIpc) is 2.84. The van der Waals surface area contributed by atoms with Crippen LogP contribution in [0.3, 0.4) is 0 Å². The first-order valence-corrected chi connectivity index (χ1v) is 8.34. The van der Waals surface area contributed by atoms with Crippen LogP contribution in [-0.2, 0) is 0 Å². The van der Waals surface area contributed by atoms with E-state index in [4.69, 9.17) is 0 Å². The van der Waals surface area contributed by atoms with Gasteiger partial charge in [0.25, 0.3) is 0 Å². The Balaban J connectivity index is 1.53. The van der Waals surface area contributed by atoms with Crippen LogP contribution in [0.2, 0.25) is 0 Å². The van der Waals surface area contributed by atoms with Crippen molar-refractivity contribution >= 4 is 0 Å². The standard InChI is InChI=1S/C18H28N2O/c1-14(16-6-4-3-5-7-16)8-9-19-12-17-10-18(21)13-20(17)11-15(19)2/h3-7,14-15,17-18,21H,8-13H2,1-2H3/t14-,15-,17-,18+/m0/s1. The Morgan fingerprint density at radius 3 is 2.71 bits per heavy atom. The molecule has 0 saturated carbocycles. The van der Waals surface area contributed by atoms with Gasteiger partial charge >= 0.3 is 0 Å². The first-order valence-electron chi connectivity index (χ1n) is 8.34. The summed E-state index contributed by atoms with van der Waals surface area (Å²) in [5, 5.41) is 9.84. The molecule has 21 heavy (non-hydrogen) atoms. The molecule has 116 valence electrons. The van der Waals surface area contributed by atoms with Gasteiger partial charge in [0, 0.05) is 31.7 Å². The Bertz CT molecular complexity index is 450. The highest BCUT2D eigenvalue weighted by Gasteiger charge is 2.37. The van der Waals surface area contributed by atoms with E-state index in [0.29, 0.717) is 18.0 Å². The summed E-state index contributed by atoms with van der Waals surface area (Å²) in [7, 11) is 0. The summed E-state index contributed by atoms with van der Waals surface area (Å²) in [4.78, 5) is 5.10. The molecule has 0 bridgehead atoms. The Morgan fingerprint density at radius 1 is 1.19 bits per heavy atom. The number of nitrogens with zero attached hydrogens (tertiary/aromatic N) is 2. The molecule has 2 heterocycles. The number of fused-ring (bicyclic) bond motifs is 1. The minimum atomic E-state index is -0.106. The first kappa shape index (κ1) is 15.0. The third-order valence-electron chi connectivity index (χ3n) is 5.29. The van der Waals surface area contributed by atoms with Gasteiger partial charge in [-0.15, -0.1) is 0 Å². The van der Waals surface area contributed by atoms with E-state index in [9.17, 15) is 5.11 Å². The van der Waals surface area contributed by atoms with Gasteiger partial charge in [0.1, 0.15) is 0 Å². The number of aliphatic hydroxyl groups excluding tert-OH is 1. The van der Waals surface area contributed by atoms with Gasteiger partial charge in [-0.2, -0.15) is 0 Å². The predicted octanol–water partition coefficient (Wildman–Crippen LogP) is 2.32. The zero-order valence-electron chi connectivity index (χ0n) is 13.3. The summed E-state index contributed by atoms with van der Waals surface area (Å²) < 4.78 is 0. The predicted molar refractivity (Wildman–Crippen MR) is 86.5 cm³/mol. The summed E-state index contributed by atoms with van der Waals surface area (Å²) in [5.74, 6) is 0.616. The highest BCUT2D eigenvalue weighted by atomic mass is 16.3. The summed E-state index contributed by atoms with van der Waals surface area (Å²) in [6.07, 6.45) is 2.06. The van der Waals surface area contributed by atoms with Gasteiger partial charge in [0.15, 0.2) is 0 Å². The largest absolute Gasteiger partial charge is 0.392 e. The van der Waals surface area contributed by atoms with Crippen molar-refractivity contribution in [3.8, 4) is 0 Å². The Kier molecular flexibility index (Phi) is 4.63. The van der Waals surface area contributed by atoms with E-state index in [-0.39, 0.29) is 6.10 Å². The van der Waals surface area contributed by atoms with Crippen molar-refractivity contribution in [2.45, 2.75) is 50.8 Å². The molecule has 1 N–H and O–H groups in total. The molecule has 3 heteroatoms. The lowest BCUT2D eigenvalue weighted by Gasteiger charge is -2.42. The van der Waals surface area contributed by atoms with Gasteiger partial charge < -0.3 is 5.11 Å². The van der Waals surface area contributed by atoms with E-state index in [1.807, 2.05) is 0 Å². The van der Waals surface area contributed by atoms with E-state index in [1.54, 1.807) is 0 Å². The molecule has 2 saturated heterocycles. The second-order valence-electron chi connectivity index (χ2n) is 6.94. The molecule has 0 radical (unpaired) electrons. The van der Waals surface area contributed by atoms with Gasteiger partial charge in [-0.1, -0.05) is 37.3 Å². The molecule has 3 nitrogen and oxygen atoms in total. The van der Waals surface area contributed by atoms with Crippen LogP contribution in [0.5, 0.6) is 0 Å². The van der Waals surface area contributed by atoms with Crippen LogP contribution in [0.25, 0.3) is 0 Å². The summed E-state index contributed by atoms with van der Waals surface area (Å²) >= 11 is 0. The van der Waals surface area contributed by atoms with Crippen LogP contribution in [0, 0.1) is 0 Å².